The molecule has 0 aromatic carbocycles. The van der Waals surface area contributed by atoms with Gasteiger partial charge in [0.15, 0.2) is 5.96 Å². The molecule has 9 atom stereocenters. The average Bonchev–Trinajstić information content (AvgIpc) is 3.68. The number of aliphatic imine (C=N–C) groups is 1. The van der Waals surface area contributed by atoms with Crippen LogP contribution >= 0.6 is 0 Å². The molecule has 24 heteroatoms. The molecular weight excluding hydrogens is 816 g/mol. The fourth-order valence-corrected chi connectivity index (χ4v) is 6.21. The first-order chi connectivity index (χ1) is 28.9. The molecule has 0 aromatic rings. The molecule has 1 aliphatic heterocycles. The molecule has 0 saturated carbocycles. The largest absolute Gasteiger partial charge is 0.480 e. The normalized spacial score (nSPS) is 17.5. The highest BCUT2D eigenvalue weighted by atomic mass is 16.4. The minimum absolute atomic E-state index is 0.0209. The SMILES string of the molecule is CC(C)C[C@H](NC(=O)CNC(=O)[C@H](CCCN=C(N)N)NC(=O)[C@H](C)NC(=O)[C@H](CC(C)C)NC(=O)[C@@H](N)[C@@H](C)O)C(=O)N[C@@H](CO)C(=O)N1CCC[C@H]1C(=O)N[C@@H](C)C(=O)O. The van der Waals surface area contributed by atoms with Gasteiger partial charge in [0.2, 0.25) is 47.3 Å². The standard InChI is InChI=1S/C38H68N12O12/c1-18(2)14-24(33(57)49-26(17-51)36(60)50-13-9-11-27(50)34(58)45-21(6)37(61)62)46-28(53)16-43-31(55)23(10-8-12-42-38(40)41)47-30(54)20(5)44-32(56)25(15-19(3)4)48-35(59)29(39)22(7)52/h18-27,29,51-52H,8-17,39H2,1-7H3,(H,43,55)(H,44,56)(H,45,58)(H,46,53)(H,47,54)(H,48,59)(H,49,57)(H,61,62)(H4,40,41,42)/t20-,21-,22+,23-,24-,25-,26-,27-,29-/m0/s1. The number of nitrogens with two attached hydrogens (primary N) is 3. The topological polar surface area (TPSA) is 392 Å². The number of carbonyl (C=O) groups is 9. The highest BCUT2D eigenvalue weighted by Crippen LogP contribution is 2.19. The van der Waals surface area contributed by atoms with Crippen molar-refractivity contribution in [2.24, 2.45) is 34.0 Å². The van der Waals surface area contributed by atoms with Crippen LogP contribution in [0, 0.1) is 11.8 Å². The molecule has 62 heavy (non-hydrogen) atoms. The number of carboxylic acids is 1. The molecule has 0 unspecified atom stereocenters. The van der Waals surface area contributed by atoms with E-state index in [2.05, 4.69) is 42.2 Å². The van der Waals surface area contributed by atoms with Crippen molar-refractivity contribution >= 4 is 59.2 Å². The number of aliphatic hydroxyl groups excluding tert-OH is 2. The molecule has 24 nitrogen and oxygen atoms in total. The van der Waals surface area contributed by atoms with Crippen LogP contribution in [0.3, 0.4) is 0 Å². The Bertz CT molecular complexity index is 1610. The number of likely N-dealkylation sites (tertiary alicyclic amines) is 1. The van der Waals surface area contributed by atoms with Crippen molar-refractivity contribution < 1.29 is 58.5 Å². The fourth-order valence-electron chi connectivity index (χ4n) is 6.21. The van der Waals surface area contributed by atoms with Crippen LogP contribution in [0.5, 0.6) is 0 Å². The first-order valence-corrected chi connectivity index (χ1v) is 20.6. The summed E-state index contributed by atoms with van der Waals surface area (Å²) < 4.78 is 0. The number of rotatable bonds is 26. The molecule has 0 bridgehead atoms. The molecule has 1 rings (SSSR count). The highest BCUT2D eigenvalue weighted by molar-refractivity contribution is 5.97. The third kappa shape index (κ3) is 19.0. The minimum Gasteiger partial charge on any atom is -0.480 e. The number of guanidine groups is 1. The van der Waals surface area contributed by atoms with E-state index < -0.39 is 121 Å². The lowest BCUT2D eigenvalue weighted by Gasteiger charge is -2.29. The van der Waals surface area contributed by atoms with Crippen LogP contribution in [0.25, 0.3) is 0 Å². The van der Waals surface area contributed by atoms with Crippen LogP contribution < -0.4 is 54.4 Å². The molecule has 1 saturated heterocycles. The Morgan fingerprint density at radius 1 is 0.710 bits per heavy atom. The Morgan fingerprint density at radius 2 is 1.26 bits per heavy atom. The molecule has 0 radical (unpaired) electrons. The van der Waals surface area contributed by atoms with E-state index in [1.807, 2.05) is 13.8 Å². The van der Waals surface area contributed by atoms with Crippen LogP contribution in [0.4, 0.5) is 0 Å². The van der Waals surface area contributed by atoms with Gasteiger partial charge in [-0.1, -0.05) is 27.7 Å². The molecule has 352 valence electrons. The number of aliphatic carboxylic acids is 1. The lowest BCUT2D eigenvalue weighted by Crippen LogP contribution is -2.59. The Morgan fingerprint density at radius 3 is 1.79 bits per heavy atom. The highest BCUT2D eigenvalue weighted by Gasteiger charge is 2.39. The van der Waals surface area contributed by atoms with Crippen LogP contribution in [0.2, 0.25) is 0 Å². The van der Waals surface area contributed by atoms with E-state index in [4.69, 9.17) is 22.3 Å². The second kappa shape index (κ2) is 26.7. The molecular formula is C38H68N12O12. The third-order valence-corrected chi connectivity index (χ3v) is 9.64. The summed E-state index contributed by atoms with van der Waals surface area (Å²) in [5.74, 6) is -7.97. The third-order valence-electron chi connectivity index (χ3n) is 9.64. The fraction of sp³-hybridized carbons (Fsp3) is 0.737. The number of hydrogen-bond acceptors (Lipinski definition) is 13. The zero-order valence-electron chi connectivity index (χ0n) is 36.6. The Hall–Kier alpha value is -5.62. The van der Waals surface area contributed by atoms with Crippen molar-refractivity contribution in [3.05, 3.63) is 0 Å². The molecule has 0 aromatic heterocycles. The van der Waals surface area contributed by atoms with Crippen molar-refractivity contribution in [1.82, 2.24) is 42.1 Å². The smallest absolute Gasteiger partial charge is 0.325 e. The zero-order valence-corrected chi connectivity index (χ0v) is 36.6. The molecule has 0 aliphatic carbocycles. The summed E-state index contributed by atoms with van der Waals surface area (Å²) in [6.07, 6.45) is -0.135. The second-order valence-electron chi connectivity index (χ2n) is 16.2. The number of hydrogen-bond donors (Lipinski definition) is 13. The molecule has 1 aliphatic rings. The van der Waals surface area contributed by atoms with E-state index in [-0.39, 0.29) is 63.0 Å². The number of nitrogens with zero attached hydrogens (tertiary/aromatic N) is 2. The van der Waals surface area contributed by atoms with Crippen LogP contribution in [-0.4, -0.2) is 160 Å². The maximum absolute atomic E-state index is 13.5. The number of aliphatic hydroxyl groups is 2. The Balaban J connectivity index is 3.06. The number of nitrogens with one attached hydrogen (secondary N) is 7. The van der Waals surface area contributed by atoms with Crippen molar-refractivity contribution in [2.45, 2.75) is 141 Å². The van der Waals surface area contributed by atoms with E-state index in [9.17, 15) is 53.4 Å². The second-order valence-corrected chi connectivity index (χ2v) is 16.2. The maximum Gasteiger partial charge on any atom is 0.325 e. The van der Waals surface area contributed by atoms with Crippen molar-refractivity contribution in [1.29, 1.82) is 0 Å². The first-order valence-electron chi connectivity index (χ1n) is 20.6. The van der Waals surface area contributed by atoms with Gasteiger partial charge in [-0.3, -0.25) is 48.1 Å². The van der Waals surface area contributed by atoms with Gasteiger partial charge in [0.25, 0.3) is 0 Å². The lowest BCUT2D eigenvalue weighted by atomic mass is 10.0. The summed E-state index contributed by atoms with van der Waals surface area (Å²) in [4.78, 5) is 121. The minimum atomic E-state index is -1.51. The van der Waals surface area contributed by atoms with Gasteiger partial charge in [0.05, 0.1) is 19.3 Å². The molecule has 16 N–H and O–H groups in total. The molecule has 8 amide bonds. The Labute approximate surface area is 361 Å². The van der Waals surface area contributed by atoms with Crippen LogP contribution in [0.1, 0.15) is 87.0 Å². The van der Waals surface area contributed by atoms with Gasteiger partial charge in [0, 0.05) is 13.1 Å². The predicted octanol–water partition coefficient (Wildman–Crippen LogP) is -5.03. The van der Waals surface area contributed by atoms with E-state index in [0.29, 0.717) is 6.42 Å². The predicted molar refractivity (Wildman–Crippen MR) is 224 cm³/mol. The molecule has 1 heterocycles. The number of carboxylic acid groups (broad SMARTS) is 1. The van der Waals surface area contributed by atoms with E-state index in [1.165, 1.54) is 20.8 Å². The summed E-state index contributed by atoms with van der Waals surface area (Å²) in [7, 11) is 0. The quantitative estimate of drug-likeness (QED) is 0.0220. The van der Waals surface area contributed by atoms with Crippen LogP contribution in [-0.2, 0) is 43.2 Å². The maximum atomic E-state index is 13.5. The van der Waals surface area contributed by atoms with E-state index in [0.717, 1.165) is 4.90 Å². The van der Waals surface area contributed by atoms with Gasteiger partial charge >= 0.3 is 5.97 Å². The zero-order chi connectivity index (χ0) is 47.4. The number of carbonyl (C=O) groups excluding carboxylic acids is 8. The first kappa shape index (κ1) is 54.4. The van der Waals surface area contributed by atoms with Gasteiger partial charge in [-0.15, -0.1) is 0 Å². The number of amides is 8. The van der Waals surface area contributed by atoms with Crippen molar-refractivity contribution in [3.8, 4) is 0 Å². The summed E-state index contributed by atoms with van der Waals surface area (Å²) in [5, 5.41) is 46.1. The van der Waals surface area contributed by atoms with Crippen molar-refractivity contribution in [2.75, 3.05) is 26.2 Å². The van der Waals surface area contributed by atoms with Gasteiger partial charge in [0.1, 0.15) is 48.3 Å². The Kier molecular flexibility index (Phi) is 23.4. The van der Waals surface area contributed by atoms with Crippen molar-refractivity contribution in [3.63, 3.8) is 0 Å². The summed E-state index contributed by atoms with van der Waals surface area (Å²) >= 11 is 0. The van der Waals surface area contributed by atoms with Gasteiger partial charge in [-0.25, -0.2) is 0 Å². The van der Waals surface area contributed by atoms with Gasteiger partial charge in [-0.05, 0) is 71.1 Å². The monoisotopic (exact) mass is 885 g/mol. The van der Waals surface area contributed by atoms with Crippen LogP contribution in [0.15, 0.2) is 4.99 Å². The summed E-state index contributed by atoms with van der Waals surface area (Å²) in [6.45, 7) is 9.75. The lowest BCUT2D eigenvalue weighted by molar-refractivity contribution is -0.145. The molecule has 0 spiro atoms. The summed E-state index contributed by atoms with van der Waals surface area (Å²) in [6, 6.07) is -9.92. The van der Waals surface area contributed by atoms with Gasteiger partial charge in [-0.2, -0.15) is 0 Å². The summed E-state index contributed by atoms with van der Waals surface area (Å²) in [5.41, 5.74) is 16.5. The average molecular weight is 885 g/mol. The van der Waals surface area contributed by atoms with E-state index in [1.54, 1.807) is 13.8 Å². The van der Waals surface area contributed by atoms with E-state index >= 15 is 0 Å². The molecule has 1 fully saturated rings. The van der Waals surface area contributed by atoms with Gasteiger partial charge < -0.3 is 74.6 Å².